The lowest BCUT2D eigenvalue weighted by atomic mass is 10.7. The van der Waals surface area contributed by atoms with Crippen LogP contribution in [0.4, 0.5) is 0 Å². The van der Waals surface area contributed by atoms with E-state index >= 15 is 0 Å². The van der Waals surface area contributed by atoms with Gasteiger partial charge in [-0.1, -0.05) is 11.3 Å². The summed E-state index contributed by atoms with van der Waals surface area (Å²) >= 11 is 1.53. The number of rotatable bonds is 3. The molecule has 5 nitrogen and oxygen atoms in total. The predicted octanol–water partition coefficient (Wildman–Crippen LogP) is 0.443. The molecule has 2 heterocycles. The lowest BCUT2D eigenvalue weighted by molar-refractivity contribution is 0.785. The standard InChI is InChI=1S/C7H9N5S/c1-8-5-6-10-11-7(13-6)12-4-2-3-9-12/h2-4,8H,5H2,1H3. The van der Waals surface area contributed by atoms with E-state index in [1.165, 1.54) is 11.3 Å². The smallest absolute Gasteiger partial charge is 0.232 e. The van der Waals surface area contributed by atoms with E-state index < -0.39 is 0 Å². The van der Waals surface area contributed by atoms with Crippen molar-refractivity contribution in [1.29, 1.82) is 0 Å². The third-order valence-corrected chi connectivity index (χ3v) is 2.40. The highest BCUT2D eigenvalue weighted by Gasteiger charge is 2.04. The number of hydrogen-bond acceptors (Lipinski definition) is 5. The molecule has 0 bridgehead atoms. The minimum atomic E-state index is 0.749. The van der Waals surface area contributed by atoms with Crippen LogP contribution in [0.2, 0.25) is 0 Å². The largest absolute Gasteiger partial charge is 0.313 e. The lowest BCUT2D eigenvalue weighted by Gasteiger charge is -1.90. The zero-order valence-electron chi connectivity index (χ0n) is 7.14. The van der Waals surface area contributed by atoms with E-state index in [0.717, 1.165) is 16.7 Å². The monoisotopic (exact) mass is 195 g/mol. The van der Waals surface area contributed by atoms with Crippen molar-refractivity contribution < 1.29 is 0 Å². The Hall–Kier alpha value is -1.27. The Balaban J connectivity index is 2.23. The summed E-state index contributed by atoms with van der Waals surface area (Å²) < 4.78 is 1.71. The highest BCUT2D eigenvalue weighted by molar-refractivity contribution is 7.13. The van der Waals surface area contributed by atoms with Gasteiger partial charge in [-0.05, 0) is 13.1 Å². The van der Waals surface area contributed by atoms with E-state index in [4.69, 9.17) is 0 Å². The molecule has 2 aromatic heterocycles. The zero-order valence-corrected chi connectivity index (χ0v) is 7.95. The molecule has 0 fully saturated rings. The van der Waals surface area contributed by atoms with E-state index in [1.54, 1.807) is 10.9 Å². The Morgan fingerprint density at radius 2 is 2.46 bits per heavy atom. The van der Waals surface area contributed by atoms with Crippen LogP contribution in [0.25, 0.3) is 5.13 Å². The second-order valence-corrected chi connectivity index (χ2v) is 3.50. The van der Waals surface area contributed by atoms with Gasteiger partial charge in [-0.2, -0.15) is 5.10 Å². The van der Waals surface area contributed by atoms with Gasteiger partial charge in [0.15, 0.2) is 0 Å². The third kappa shape index (κ3) is 1.73. The van der Waals surface area contributed by atoms with E-state index in [1.807, 2.05) is 19.3 Å². The number of hydrogen-bond donors (Lipinski definition) is 1. The van der Waals surface area contributed by atoms with E-state index in [2.05, 4.69) is 20.6 Å². The highest BCUT2D eigenvalue weighted by atomic mass is 32.1. The summed E-state index contributed by atoms with van der Waals surface area (Å²) in [4.78, 5) is 0. The molecule has 0 spiro atoms. The first-order valence-electron chi connectivity index (χ1n) is 3.87. The van der Waals surface area contributed by atoms with Gasteiger partial charge in [0.2, 0.25) is 5.13 Å². The summed E-state index contributed by atoms with van der Waals surface area (Å²) in [5, 5.41) is 16.9. The SMILES string of the molecule is CNCc1nnc(-n2cccn2)s1. The fourth-order valence-corrected chi connectivity index (χ4v) is 1.73. The van der Waals surface area contributed by atoms with Crippen LogP contribution in [-0.4, -0.2) is 27.0 Å². The first-order chi connectivity index (χ1) is 6.40. The molecule has 68 valence electrons. The molecule has 0 aliphatic carbocycles. The second-order valence-electron chi connectivity index (χ2n) is 2.46. The van der Waals surface area contributed by atoms with E-state index in [-0.39, 0.29) is 0 Å². The molecular weight excluding hydrogens is 186 g/mol. The highest BCUT2D eigenvalue weighted by Crippen LogP contribution is 2.12. The maximum absolute atomic E-state index is 4.06. The maximum atomic E-state index is 4.06. The van der Waals surface area contributed by atoms with Crippen molar-refractivity contribution in [1.82, 2.24) is 25.3 Å². The molecule has 0 aliphatic rings. The summed E-state index contributed by atoms with van der Waals surface area (Å²) in [6.45, 7) is 0.749. The topological polar surface area (TPSA) is 55.6 Å². The van der Waals surface area contributed by atoms with Crippen molar-refractivity contribution in [3.8, 4) is 5.13 Å². The Kier molecular flexibility index (Phi) is 2.33. The van der Waals surface area contributed by atoms with Gasteiger partial charge in [0, 0.05) is 18.9 Å². The molecule has 0 atom stereocenters. The van der Waals surface area contributed by atoms with Crippen molar-refractivity contribution in [2.75, 3.05) is 7.05 Å². The van der Waals surface area contributed by atoms with Crippen molar-refractivity contribution in [3.05, 3.63) is 23.5 Å². The summed E-state index contributed by atoms with van der Waals surface area (Å²) in [6, 6.07) is 1.86. The van der Waals surface area contributed by atoms with Gasteiger partial charge in [0.05, 0.1) is 0 Å². The zero-order chi connectivity index (χ0) is 9.10. The maximum Gasteiger partial charge on any atom is 0.232 e. The van der Waals surface area contributed by atoms with Crippen LogP contribution in [0, 0.1) is 0 Å². The Labute approximate surface area is 79.4 Å². The fourth-order valence-electron chi connectivity index (χ4n) is 0.942. The van der Waals surface area contributed by atoms with Crippen molar-refractivity contribution >= 4 is 11.3 Å². The number of aromatic nitrogens is 4. The van der Waals surface area contributed by atoms with Crippen LogP contribution in [0.5, 0.6) is 0 Å². The quantitative estimate of drug-likeness (QED) is 0.772. The molecule has 0 aliphatic heterocycles. The van der Waals surface area contributed by atoms with Gasteiger partial charge in [-0.15, -0.1) is 10.2 Å². The molecule has 1 N–H and O–H groups in total. The van der Waals surface area contributed by atoms with Crippen LogP contribution in [-0.2, 0) is 6.54 Å². The van der Waals surface area contributed by atoms with Crippen molar-refractivity contribution in [2.24, 2.45) is 0 Å². The van der Waals surface area contributed by atoms with Crippen molar-refractivity contribution in [3.63, 3.8) is 0 Å². The summed E-state index contributed by atoms with van der Waals surface area (Å²) in [5.74, 6) is 0. The Morgan fingerprint density at radius 1 is 1.54 bits per heavy atom. The van der Waals surface area contributed by atoms with Gasteiger partial charge in [0.1, 0.15) is 5.01 Å². The molecular formula is C7H9N5S. The predicted molar refractivity (Wildman–Crippen MR) is 49.8 cm³/mol. The number of nitrogens with one attached hydrogen (secondary N) is 1. The molecule has 0 amide bonds. The van der Waals surface area contributed by atoms with Crippen molar-refractivity contribution in [2.45, 2.75) is 6.54 Å². The molecule has 0 radical (unpaired) electrons. The average molecular weight is 195 g/mol. The molecule has 2 rings (SSSR count). The molecule has 2 aromatic rings. The lowest BCUT2D eigenvalue weighted by Crippen LogP contribution is -2.04. The normalized spacial score (nSPS) is 10.5. The number of nitrogens with zero attached hydrogens (tertiary/aromatic N) is 4. The third-order valence-electron chi connectivity index (χ3n) is 1.48. The Morgan fingerprint density at radius 3 is 3.15 bits per heavy atom. The van der Waals surface area contributed by atoms with Crippen LogP contribution in [0.15, 0.2) is 18.5 Å². The molecule has 0 aromatic carbocycles. The Bertz CT molecular complexity index is 366. The van der Waals surface area contributed by atoms with Gasteiger partial charge in [-0.3, -0.25) is 0 Å². The first kappa shape index (κ1) is 8.33. The molecule has 0 saturated carbocycles. The fraction of sp³-hybridized carbons (Fsp3) is 0.286. The van der Waals surface area contributed by atoms with Crippen LogP contribution < -0.4 is 5.32 Å². The van der Waals surface area contributed by atoms with Crippen LogP contribution in [0.3, 0.4) is 0 Å². The molecule has 6 heteroatoms. The summed E-state index contributed by atoms with van der Waals surface area (Å²) in [7, 11) is 1.88. The minimum absolute atomic E-state index is 0.749. The van der Waals surface area contributed by atoms with Gasteiger partial charge >= 0.3 is 0 Å². The van der Waals surface area contributed by atoms with E-state index in [0.29, 0.717) is 0 Å². The second kappa shape index (κ2) is 3.63. The van der Waals surface area contributed by atoms with E-state index in [9.17, 15) is 0 Å². The minimum Gasteiger partial charge on any atom is -0.313 e. The van der Waals surface area contributed by atoms with Crippen LogP contribution in [0.1, 0.15) is 5.01 Å². The molecule has 0 saturated heterocycles. The first-order valence-corrected chi connectivity index (χ1v) is 4.69. The van der Waals surface area contributed by atoms with Gasteiger partial charge in [0.25, 0.3) is 0 Å². The average Bonchev–Trinajstić information content (AvgIpc) is 2.70. The summed E-state index contributed by atoms with van der Waals surface area (Å²) in [6.07, 6.45) is 3.57. The summed E-state index contributed by atoms with van der Waals surface area (Å²) in [5.41, 5.74) is 0. The van der Waals surface area contributed by atoms with Gasteiger partial charge in [-0.25, -0.2) is 4.68 Å². The van der Waals surface area contributed by atoms with Gasteiger partial charge < -0.3 is 5.32 Å². The van der Waals surface area contributed by atoms with Crippen LogP contribution >= 0.6 is 11.3 Å². The molecule has 13 heavy (non-hydrogen) atoms. The molecule has 0 unspecified atom stereocenters.